The summed E-state index contributed by atoms with van der Waals surface area (Å²) in [6.45, 7) is 0. The summed E-state index contributed by atoms with van der Waals surface area (Å²) >= 11 is 5.75. The predicted octanol–water partition coefficient (Wildman–Crippen LogP) is 1.09. The van der Waals surface area contributed by atoms with Crippen LogP contribution < -0.4 is 9.44 Å². The quantitative estimate of drug-likeness (QED) is 0.836. The SMILES string of the molecule is CNS(=O)(=O)Nc1cc(C#N)ccc1Cl. The molecule has 0 aliphatic rings. The van der Waals surface area contributed by atoms with Crippen LogP contribution in [0.4, 0.5) is 5.69 Å². The van der Waals surface area contributed by atoms with E-state index in [1.54, 1.807) is 0 Å². The summed E-state index contributed by atoms with van der Waals surface area (Å²) in [6.07, 6.45) is 0. The first-order valence-electron chi connectivity index (χ1n) is 3.89. The Morgan fingerprint density at radius 1 is 1.47 bits per heavy atom. The van der Waals surface area contributed by atoms with Crippen molar-refractivity contribution in [2.45, 2.75) is 0 Å². The number of nitrogens with one attached hydrogen (secondary N) is 2. The molecular weight excluding hydrogens is 238 g/mol. The number of halogens is 1. The normalized spacial score (nSPS) is 10.7. The smallest absolute Gasteiger partial charge is 0.270 e. The van der Waals surface area contributed by atoms with Crippen LogP contribution >= 0.6 is 11.6 Å². The molecule has 0 bridgehead atoms. The van der Waals surface area contributed by atoms with Crippen molar-refractivity contribution in [2.24, 2.45) is 0 Å². The average molecular weight is 246 g/mol. The third-order valence-electron chi connectivity index (χ3n) is 1.61. The molecule has 2 N–H and O–H groups in total. The fourth-order valence-electron chi connectivity index (χ4n) is 0.869. The second-order valence-corrected chi connectivity index (χ2v) is 4.64. The highest BCUT2D eigenvalue weighted by Gasteiger charge is 2.09. The van der Waals surface area contributed by atoms with Crippen molar-refractivity contribution >= 4 is 27.5 Å². The molecule has 0 aliphatic carbocycles. The molecular formula is C8H8ClN3O2S. The molecule has 0 unspecified atom stereocenters. The monoisotopic (exact) mass is 245 g/mol. The van der Waals surface area contributed by atoms with Gasteiger partial charge in [-0.1, -0.05) is 11.6 Å². The number of rotatable bonds is 3. The Morgan fingerprint density at radius 2 is 2.13 bits per heavy atom. The number of anilines is 1. The highest BCUT2D eigenvalue weighted by Crippen LogP contribution is 2.23. The van der Waals surface area contributed by atoms with E-state index in [2.05, 4.69) is 9.44 Å². The van der Waals surface area contributed by atoms with Gasteiger partial charge >= 0.3 is 0 Å². The Morgan fingerprint density at radius 3 is 2.67 bits per heavy atom. The standard InChI is InChI=1S/C8H8ClN3O2S/c1-11-15(13,14)12-8-4-6(5-10)2-3-7(8)9/h2-4,11-12H,1H3. The molecule has 0 heterocycles. The van der Waals surface area contributed by atoms with Gasteiger partial charge in [0, 0.05) is 7.05 Å². The summed E-state index contributed by atoms with van der Waals surface area (Å²) < 4.78 is 26.6. The average Bonchev–Trinajstić information content (AvgIpc) is 2.21. The highest BCUT2D eigenvalue weighted by atomic mass is 35.5. The van der Waals surface area contributed by atoms with Gasteiger partial charge in [0.15, 0.2) is 0 Å². The van der Waals surface area contributed by atoms with Crippen molar-refractivity contribution < 1.29 is 8.42 Å². The van der Waals surface area contributed by atoms with E-state index in [1.165, 1.54) is 25.2 Å². The number of hydrogen-bond acceptors (Lipinski definition) is 3. The second-order valence-electron chi connectivity index (χ2n) is 2.62. The van der Waals surface area contributed by atoms with E-state index in [9.17, 15) is 8.42 Å². The maximum Gasteiger partial charge on any atom is 0.298 e. The van der Waals surface area contributed by atoms with E-state index < -0.39 is 10.2 Å². The lowest BCUT2D eigenvalue weighted by atomic mass is 10.2. The van der Waals surface area contributed by atoms with E-state index in [1.807, 2.05) is 6.07 Å². The first-order chi connectivity index (χ1) is 6.98. The maximum absolute atomic E-state index is 11.2. The van der Waals surface area contributed by atoms with Crippen LogP contribution in [0.3, 0.4) is 0 Å². The summed E-state index contributed by atoms with van der Waals surface area (Å²) in [4.78, 5) is 0. The van der Waals surface area contributed by atoms with E-state index in [4.69, 9.17) is 16.9 Å². The number of nitriles is 1. The Labute approximate surface area is 92.9 Å². The summed E-state index contributed by atoms with van der Waals surface area (Å²) in [5.41, 5.74) is 0.498. The minimum atomic E-state index is -3.61. The van der Waals surface area contributed by atoms with Gasteiger partial charge in [-0.2, -0.15) is 13.7 Å². The molecule has 0 amide bonds. The molecule has 0 fully saturated rings. The van der Waals surface area contributed by atoms with E-state index >= 15 is 0 Å². The molecule has 80 valence electrons. The lowest BCUT2D eigenvalue weighted by molar-refractivity contribution is 0.593. The number of nitrogens with zero attached hydrogens (tertiary/aromatic N) is 1. The van der Waals surface area contributed by atoms with Crippen LogP contribution in [0.5, 0.6) is 0 Å². The van der Waals surface area contributed by atoms with Crippen molar-refractivity contribution in [3.8, 4) is 6.07 Å². The number of hydrogen-bond donors (Lipinski definition) is 2. The van der Waals surface area contributed by atoms with Gasteiger partial charge in [-0.05, 0) is 18.2 Å². The van der Waals surface area contributed by atoms with Crippen LogP contribution in [0.2, 0.25) is 5.02 Å². The van der Waals surface area contributed by atoms with Crippen LogP contribution in [0.25, 0.3) is 0 Å². The molecule has 0 aliphatic heterocycles. The fraction of sp³-hybridized carbons (Fsp3) is 0.125. The molecule has 0 spiro atoms. The maximum atomic E-state index is 11.2. The molecule has 1 aromatic carbocycles. The van der Waals surface area contributed by atoms with Gasteiger partial charge in [-0.25, -0.2) is 4.72 Å². The first-order valence-corrected chi connectivity index (χ1v) is 5.75. The zero-order chi connectivity index (χ0) is 11.5. The lowest BCUT2D eigenvalue weighted by Crippen LogP contribution is -2.26. The van der Waals surface area contributed by atoms with Gasteiger partial charge in [0.25, 0.3) is 10.2 Å². The summed E-state index contributed by atoms with van der Waals surface area (Å²) in [5, 5.41) is 8.85. The minimum Gasteiger partial charge on any atom is -0.270 e. The van der Waals surface area contributed by atoms with Crippen LogP contribution in [-0.4, -0.2) is 15.5 Å². The predicted molar refractivity (Wildman–Crippen MR) is 57.8 cm³/mol. The van der Waals surface area contributed by atoms with Gasteiger partial charge in [-0.3, -0.25) is 4.72 Å². The molecule has 0 saturated heterocycles. The molecule has 1 aromatic rings. The van der Waals surface area contributed by atoms with E-state index in [0.29, 0.717) is 5.56 Å². The van der Waals surface area contributed by atoms with Gasteiger partial charge in [0.2, 0.25) is 0 Å². The number of benzene rings is 1. The van der Waals surface area contributed by atoms with Crippen LogP contribution in [0.1, 0.15) is 5.56 Å². The topological polar surface area (TPSA) is 82.0 Å². The molecule has 15 heavy (non-hydrogen) atoms. The summed E-state index contributed by atoms with van der Waals surface area (Å²) in [5.74, 6) is 0. The fourth-order valence-corrected chi connectivity index (χ4v) is 1.65. The van der Waals surface area contributed by atoms with Gasteiger partial charge in [-0.15, -0.1) is 0 Å². The third-order valence-corrected chi connectivity index (χ3v) is 2.96. The van der Waals surface area contributed by atoms with Gasteiger partial charge in [0.05, 0.1) is 22.3 Å². The zero-order valence-electron chi connectivity index (χ0n) is 7.78. The van der Waals surface area contributed by atoms with Crippen LogP contribution in [-0.2, 0) is 10.2 Å². The molecule has 1 rings (SSSR count). The summed E-state index contributed by atoms with van der Waals surface area (Å²) in [6, 6.07) is 6.19. The molecule has 5 nitrogen and oxygen atoms in total. The Balaban J connectivity index is 3.10. The Kier molecular flexibility index (Phi) is 3.52. The van der Waals surface area contributed by atoms with E-state index in [0.717, 1.165) is 0 Å². The van der Waals surface area contributed by atoms with Crippen LogP contribution in [0, 0.1) is 11.3 Å². The lowest BCUT2D eigenvalue weighted by Gasteiger charge is -2.08. The van der Waals surface area contributed by atoms with Crippen molar-refractivity contribution in [1.82, 2.24) is 4.72 Å². The Bertz CT molecular complexity index is 507. The summed E-state index contributed by atoms with van der Waals surface area (Å²) in [7, 11) is -2.35. The molecule has 0 saturated carbocycles. The Hall–Kier alpha value is -1.29. The van der Waals surface area contributed by atoms with Crippen molar-refractivity contribution in [3.05, 3.63) is 28.8 Å². The van der Waals surface area contributed by atoms with Gasteiger partial charge in [0.1, 0.15) is 0 Å². The molecule has 0 radical (unpaired) electrons. The van der Waals surface area contributed by atoms with Gasteiger partial charge < -0.3 is 0 Å². The van der Waals surface area contributed by atoms with Crippen molar-refractivity contribution in [3.63, 3.8) is 0 Å². The minimum absolute atomic E-state index is 0.171. The molecule has 7 heteroatoms. The van der Waals surface area contributed by atoms with Crippen LogP contribution in [0.15, 0.2) is 18.2 Å². The zero-order valence-corrected chi connectivity index (χ0v) is 9.35. The van der Waals surface area contributed by atoms with Crippen molar-refractivity contribution in [1.29, 1.82) is 5.26 Å². The molecule has 0 atom stereocenters. The third kappa shape index (κ3) is 3.09. The second kappa shape index (κ2) is 4.49. The van der Waals surface area contributed by atoms with Crippen molar-refractivity contribution in [2.75, 3.05) is 11.8 Å². The van der Waals surface area contributed by atoms with E-state index in [-0.39, 0.29) is 10.7 Å². The first kappa shape index (κ1) is 11.8. The molecule has 0 aromatic heterocycles. The highest BCUT2D eigenvalue weighted by molar-refractivity contribution is 7.90. The largest absolute Gasteiger partial charge is 0.298 e.